The highest BCUT2D eigenvalue weighted by atomic mass is 15.0. The summed E-state index contributed by atoms with van der Waals surface area (Å²) in [6, 6.07) is 13.9. The summed E-state index contributed by atoms with van der Waals surface area (Å²) in [6.07, 6.45) is 14.2. The highest BCUT2D eigenvalue weighted by Crippen LogP contribution is 2.42. The molecule has 2 heterocycles. The highest BCUT2D eigenvalue weighted by molar-refractivity contribution is 5.96. The van der Waals surface area contributed by atoms with E-state index in [0.717, 1.165) is 6.54 Å². The summed E-state index contributed by atoms with van der Waals surface area (Å²) in [5, 5.41) is 3.00. The fourth-order valence-electron chi connectivity index (χ4n) is 5.30. The van der Waals surface area contributed by atoms with Gasteiger partial charge >= 0.3 is 0 Å². The summed E-state index contributed by atoms with van der Waals surface area (Å²) in [6.45, 7) is 3.33. The molecule has 0 bridgehead atoms. The van der Waals surface area contributed by atoms with E-state index in [1.807, 2.05) is 0 Å². The van der Waals surface area contributed by atoms with E-state index in [0.29, 0.717) is 0 Å². The number of aromatic nitrogens is 1. The molecule has 1 aromatic heterocycles. The molecule has 0 unspecified atom stereocenters. The maximum absolute atomic E-state index is 2.53. The summed E-state index contributed by atoms with van der Waals surface area (Å²) in [5.74, 6) is 0. The molecule has 2 aliphatic rings. The minimum absolute atomic E-state index is 1.04. The molecular weight excluding hydrogens is 326 g/mol. The second kappa shape index (κ2) is 7.11. The number of nitrogens with zero attached hydrogens (tertiary/aromatic N) is 1. The maximum atomic E-state index is 2.53. The van der Waals surface area contributed by atoms with E-state index in [-0.39, 0.29) is 0 Å². The smallest absolute Gasteiger partial charge is 0.194 e. The van der Waals surface area contributed by atoms with Crippen molar-refractivity contribution in [3.8, 4) is 11.3 Å². The fourth-order valence-corrected chi connectivity index (χ4v) is 5.30. The summed E-state index contributed by atoms with van der Waals surface area (Å²) >= 11 is 0. The molecule has 0 saturated carbocycles. The molecule has 3 aromatic rings. The van der Waals surface area contributed by atoms with E-state index in [9.17, 15) is 0 Å². The van der Waals surface area contributed by atoms with Gasteiger partial charge in [-0.05, 0) is 66.5 Å². The van der Waals surface area contributed by atoms with Crippen LogP contribution in [0.25, 0.3) is 22.0 Å². The molecule has 1 aliphatic carbocycles. The number of unbranched alkanes of at least 4 members (excludes halogenated alkanes) is 3. The molecule has 0 atom stereocenters. The lowest BCUT2D eigenvalue weighted by molar-refractivity contribution is -0.672. The average molecular weight is 357 g/mol. The first-order valence-corrected chi connectivity index (χ1v) is 10.9. The van der Waals surface area contributed by atoms with Gasteiger partial charge in [0.25, 0.3) is 0 Å². The fraction of sp³-hybridized carbons (Fsp3) is 0.423. The van der Waals surface area contributed by atoms with Gasteiger partial charge in [-0.3, -0.25) is 0 Å². The second-order valence-electron chi connectivity index (χ2n) is 8.42. The molecule has 0 N–H and O–H groups in total. The van der Waals surface area contributed by atoms with E-state index in [4.69, 9.17) is 0 Å². The van der Waals surface area contributed by atoms with E-state index in [1.54, 1.807) is 22.3 Å². The Bertz CT molecular complexity index is 999. The van der Waals surface area contributed by atoms with Gasteiger partial charge in [0.2, 0.25) is 5.69 Å². The summed E-state index contributed by atoms with van der Waals surface area (Å²) in [7, 11) is 0. The second-order valence-corrected chi connectivity index (χ2v) is 8.42. The SMILES string of the molecule is CCCCCCc1ccc2[n+](c1)Cc1c-2c2c(c3ccccc13)CCCC2. The van der Waals surface area contributed by atoms with Crippen LogP contribution in [-0.4, -0.2) is 0 Å². The maximum Gasteiger partial charge on any atom is 0.213 e. The third-order valence-electron chi connectivity index (χ3n) is 6.64. The number of pyridine rings is 1. The molecule has 0 amide bonds. The van der Waals surface area contributed by atoms with Crippen molar-refractivity contribution in [3.05, 3.63) is 64.8 Å². The topological polar surface area (TPSA) is 3.88 Å². The Morgan fingerprint density at radius 3 is 2.41 bits per heavy atom. The molecule has 138 valence electrons. The Hall–Kier alpha value is -2.15. The van der Waals surface area contributed by atoms with Crippen LogP contribution in [0.1, 0.15) is 67.7 Å². The number of hydrogen-bond donors (Lipinski definition) is 0. The van der Waals surface area contributed by atoms with Crippen molar-refractivity contribution < 1.29 is 4.57 Å². The molecule has 0 fully saturated rings. The Labute approximate surface area is 163 Å². The highest BCUT2D eigenvalue weighted by Gasteiger charge is 2.33. The summed E-state index contributed by atoms with van der Waals surface area (Å²) < 4.78 is 2.53. The minimum atomic E-state index is 1.04. The minimum Gasteiger partial charge on any atom is -0.194 e. The van der Waals surface area contributed by atoms with E-state index in [2.05, 4.69) is 54.1 Å². The lowest BCUT2D eigenvalue weighted by Gasteiger charge is -2.21. The van der Waals surface area contributed by atoms with Crippen molar-refractivity contribution in [1.29, 1.82) is 0 Å². The molecule has 0 radical (unpaired) electrons. The quantitative estimate of drug-likeness (QED) is 0.298. The average Bonchev–Trinajstić information content (AvgIpc) is 3.11. The molecule has 1 nitrogen and oxygen atoms in total. The first-order valence-electron chi connectivity index (χ1n) is 10.9. The standard InChI is InChI=1S/C26H30N/c1-2-3-4-5-10-19-15-16-25-26-23-14-9-8-12-21(23)20-11-6-7-13-22(20)24(26)18-27(25)17-19/h6-7,11,13,15-17H,2-5,8-10,12,14,18H2,1H3/q+1. The van der Waals surface area contributed by atoms with Crippen molar-refractivity contribution >= 4 is 10.8 Å². The lowest BCUT2D eigenvalue weighted by atomic mass is 9.81. The van der Waals surface area contributed by atoms with Crippen LogP contribution in [0, 0.1) is 0 Å². The zero-order valence-electron chi connectivity index (χ0n) is 16.6. The molecular formula is C26H30N+. The van der Waals surface area contributed by atoms with Crippen LogP contribution in [0.3, 0.4) is 0 Å². The summed E-state index contributed by atoms with van der Waals surface area (Å²) in [4.78, 5) is 0. The van der Waals surface area contributed by atoms with E-state index in [1.165, 1.54) is 79.8 Å². The van der Waals surface area contributed by atoms with Crippen LogP contribution in [0.15, 0.2) is 42.6 Å². The van der Waals surface area contributed by atoms with Gasteiger partial charge in [-0.1, -0.05) is 50.5 Å². The van der Waals surface area contributed by atoms with Gasteiger partial charge in [-0.15, -0.1) is 0 Å². The van der Waals surface area contributed by atoms with Crippen molar-refractivity contribution in [1.82, 2.24) is 0 Å². The Kier molecular flexibility index (Phi) is 4.47. The predicted octanol–water partition coefficient (Wildman–Crippen LogP) is 6.16. The number of rotatable bonds is 5. The number of aryl methyl sites for hydroxylation is 2. The van der Waals surface area contributed by atoms with Crippen molar-refractivity contribution in [2.45, 2.75) is 71.3 Å². The van der Waals surface area contributed by atoms with Gasteiger partial charge in [0, 0.05) is 17.2 Å². The molecule has 0 saturated heterocycles. The van der Waals surface area contributed by atoms with Crippen molar-refractivity contribution in [2.24, 2.45) is 0 Å². The van der Waals surface area contributed by atoms with Gasteiger partial charge in [-0.2, -0.15) is 4.57 Å². The van der Waals surface area contributed by atoms with Gasteiger partial charge in [-0.25, -0.2) is 0 Å². The monoisotopic (exact) mass is 356 g/mol. The van der Waals surface area contributed by atoms with E-state index < -0.39 is 0 Å². The third-order valence-corrected chi connectivity index (χ3v) is 6.64. The first-order chi connectivity index (χ1) is 13.4. The van der Waals surface area contributed by atoms with Crippen LogP contribution >= 0.6 is 0 Å². The molecule has 2 aromatic carbocycles. The zero-order chi connectivity index (χ0) is 18.2. The van der Waals surface area contributed by atoms with E-state index >= 15 is 0 Å². The number of hydrogen-bond acceptors (Lipinski definition) is 0. The zero-order valence-corrected chi connectivity index (χ0v) is 16.6. The summed E-state index contributed by atoms with van der Waals surface area (Å²) in [5.41, 5.74) is 9.37. The van der Waals surface area contributed by atoms with Gasteiger partial charge < -0.3 is 0 Å². The Balaban J connectivity index is 1.58. The van der Waals surface area contributed by atoms with Crippen LogP contribution < -0.4 is 4.57 Å². The Morgan fingerprint density at radius 2 is 1.59 bits per heavy atom. The largest absolute Gasteiger partial charge is 0.213 e. The normalized spacial score (nSPS) is 14.9. The number of fused-ring (bicyclic) bond motifs is 8. The van der Waals surface area contributed by atoms with Gasteiger partial charge in [0.15, 0.2) is 12.7 Å². The molecule has 1 aliphatic heterocycles. The van der Waals surface area contributed by atoms with Crippen LogP contribution in [-0.2, 0) is 25.8 Å². The van der Waals surface area contributed by atoms with Gasteiger partial charge in [0.05, 0.1) is 5.56 Å². The van der Waals surface area contributed by atoms with Crippen molar-refractivity contribution in [3.63, 3.8) is 0 Å². The van der Waals surface area contributed by atoms with Gasteiger partial charge in [0.1, 0.15) is 0 Å². The lowest BCUT2D eigenvalue weighted by Crippen LogP contribution is -2.32. The molecule has 27 heavy (non-hydrogen) atoms. The molecule has 1 heteroatoms. The van der Waals surface area contributed by atoms with Crippen LogP contribution in [0.5, 0.6) is 0 Å². The first kappa shape index (κ1) is 17.0. The van der Waals surface area contributed by atoms with Crippen LogP contribution in [0.4, 0.5) is 0 Å². The molecule has 5 rings (SSSR count). The third kappa shape index (κ3) is 2.88. The predicted molar refractivity (Wildman–Crippen MR) is 113 cm³/mol. The van der Waals surface area contributed by atoms with Crippen molar-refractivity contribution in [2.75, 3.05) is 0 Å². The molecule has 0 spiro atoms. The Morgan fingerprint density at radius 1 is 0.815 bits per heavy atom. The number of benzene rings is 2. The van der Waals surface area contributed by atoms with Crippen LogP contribution in [0.2, 0.25) is 0 Å².